The maximum atomic E-state index is 8.07. The molecule has 2 radical (unpaired) electrons. The summed E-state index contributed by atoms with van der Waals surface area (Å²) in [5, 5.41) is 8.07. The van der Waals surface area contributed by atoms with E-state index >= 15 is 0 Å². The van der Waals surface area contributed by atoms with Crippen LogP contribution < -0.4 is 0 Å². The predicted molar refractivity (Wildman–Crippen MR) is 33.5 cm³/mol. The first-order chi connectivity index (χ1) is 2.41. The monoisotopic (exact) mass is 120 g/mol. The van der Waals surface area contributed by atoms with E-state index in [0.717, 1.165) is 12.8 Å². The Morgan fingerprint density at radius 2 is 1.71 bits per heavy atom. The number of hydrogen-bond acceptors (Lipinski definition) is 1. The smallest absolute Gasteiger partial charge is 0.0430 e. The quantitative estimate of drug-likeness (QED) is 0.509. The molecule has 0 rings (SSSR count). The number of unbranched alkanes of at least 4 members (excludes halogenated alkanes) is 1. The fraction of sp³-hybridized carbons (Fsp3) is 1.00. The summed E-state index contributed by atoms with van der Waals surface area (Å²) in [6, 6.07) is 0. The van der Waals surface area contributed by atoms with Crippen LogP contribution in [0.25, 0.3) is 0 Å². The van der Waals surface area contributed by atoms with Gasteiger partial charge in [0.1, 0.15) is 0 Å². The van der Waals surface area contributed by atoms with Gasteiger partial charge in [0.2, 0.25) is 0 Å². The van der Waals surface area contributed by atoms with Gasteiger partial charge in [0, 0.05) is 65.7 Å². The topological polar surface area (TPSA) is 20.2 Å². The van der Waals surface area contributed by atoms with E-state index in [9.17, 15) is 0 Å². The fourth-order valence-corrected chi connectivity index (χ4v) is 0.158. The Bertz CT molecular complexity index is 17.2. The molecule has 0 amide bonds. The minimum Gasteiger partial charge on any atom is -0.396 e. The van der Waals surface area contributed by atoms with Gasteiger partial charge in [0.25, 0.3) is 0 Å². The van der Waals surface area contributed by atoms with E-state index in [0.29, 0.717) is 6.61 Å². The Labute approximate surface area is 89.5 Å². The standard InChI is InChI=1S/C4H10O.2Na/c1-2-3-4-5;;/h5H,2-4H2,1H3;;. The van der Waals surface area contributed by atoms with Gasteiger partial charge in [-0.3, -0.25) is 0 Å². The second-order valence-corrected chi connectivity index (χ2v) is 1.08. The third-order valence-corrected chi connectivity index (χ3v) is 0.512. The third kappa shape index (κ3) is 18.0. The molecule has 0 aliphatic heterocycles. The summed E-state index contributed by atoms with van der Waals surface area (Å²) in [5.41, 5.74) is 0. The van der Waals surface area contributed by atoms with Crippen molar-refractivity contribution in [1.29, 1.82) is 0 Å². The summed E-state index contributed by atoms with van der Waals surface area (Å²) in [4.78, 5) is 0. The molecule has 7 heavy (non-hydrogen) atoms. The van der Waals surface area contributed by atoms with Crippen LogP contribution in [0.1, 0.15) is 19.8 Å². The van der Waals surface area contributed by atoms with Crippen molar-refractivity contribution in [3.05, 3.63) is 0 Å². The molecule has 0 fully saturated rings. The SMILES string of the molecule is CCCCO.[Na].[Na]. The maximum absolute atomic E-state index is 8.07. The summed E-state index contributed by atoms with van der Waals surface area (Å²) >= 11 is 0. The van der Waals surface area contributed by atoms with Crippen LogP contribution in [0.3, 0.4) is 0 Å². The Morgan fingerprint density at radius 3 is 1.71 bits per heavy atom. The zero-order valence-corrected chi connectivity index (χ0v) is 9.57. The third-order valence-electron chi connectivity index (χ3n) is 0.512. The molecule has 1 nitrogen and oxygen atoms in total. The van der Waals surface area contributed by atoms with Crippen molar-refractivity contribution >= 4 is 59.1 Å². The first-order valence-corrected chi connectivity index (χ1v) is 2.02. The van der Waals surface area contributed by atoms with Crippen molar-refractivity contribution in [1.82, 2.24) is 0 Å². The van der Waals surface area contributed by atoms with Gasteiger partial charge in [-0.05, 0) is 6.42 Å². The van der Waals surface area contributed by atoms with E-state index in [-0.39, 0.29) is 59.1 Å². The molecule has 0 aliphatic carbocycles. The second kappa shape index (κ2) is 15.7. The average Bonchev–Trinajstić information content (AvgIpc) is 1.41. The van der Waals surface area contributed by atoms with E-state index in [1.807, 2.05) is 0 Å². The van der Waals surface area contributed by atoms with Crippen molar-refractivity contribution < 1.29 is 5.11 Å². The molecule has 0 bridgehead atoms. The van der Waals surface area contributed by atoms with Gasteiger partial charge in [-0.1, -0.05) is 13.3 Å². The molecule has 0 aromatic heterocycles. The first-order valence-electron chi connectivity index (χ1n) is 2.02. The Kier molecular flexibility index (Phi) is 35.8. The van der Waals surface area contributed by atoms with Crippen LogP contribution in [-0.2, 0) is 0 Å². The van der Waals surface area contributed by atoms with Crippen LogP contribution in [0.4, 0.5) is 0 Å². The molecule has 0 saturated carbocycles. The zero-order valence-electron chi connectivity index (χ0n) is 5.57. The maximum Gasteiger partial charge on any atom is 0.0430 e. The van der Waals surface area contributed by atoms with Gasteiger partial charge in [0.15, 0.2) is 0 Å². The van der Waals surface area contributed by atoms with E-state index in [1.165, 1.54) is 0 Å². The molecule has 0 aromatic rings. The first kappa shape index (κ1) is 16.0. The second-order valence-electron chi connectivity index (χ2n) is 1.08. The summed E-state index contributed by atoms with van der Waals surface area (Å²) in [7, 11) is 0. The molecular formula is C4H10Na2O. The van der Waals surface area contributed by atoms with E-state index in [1.54, 1.807) is 0 Å². The number of rotatable bonds is 2. The minimum absolute atomic E-state index is 0. The van der Waals surface area contributed by atoms with Gasteiger partial charge in [-0.2, -0.15) is 0 Å². The summed E-state index contributed by atoms with van der Waals surface area (Å²) < 4.78 is 0. The van der Waals surface area contributed by atoms with Crippen molar-refractivity contribution in [2.45, 2.75) is 19.8 Å². The van der Waals surface area contributed by atoms with Gasteiger partial charge in [0.05, 0.1) is 0 Å². The van der Waals surface area contributed by atoms with Gasteiger partial charge < -0.3 is 5.11 Å². The molecule has 0 aromatic carbocycles. The molecule has 0 saturated heterocycles. The molecule has 0 spiro atoms. The van der Waals surface area contributed by atoms with Crippen LogP contribution in [0, 0.1) is 0 Å². The van der Waals surface area contributed by atoms with Crippen LogP contribution in [0.2, 0.25) is 0 Å². The number of hydrogen-bond donors (Lipinski definition) is 1. The van der Waals surface area contributed by atoms with E-state index < -0.39 is 0 Å². The average molecular weight is 120 g/mol. The van der Waals surface area contributed by atoms with Crippen LogP contribution in [-0.4, -0.2) is 70.8 Å². The van der Waals surface area contributed by atoms with Crippen LogP contribution in [0.15, 0.2) is 0 Å². The molecule has 1 N–H and O–H groups in total. The predicted octanol–water partition coefficient (Wildman–Crippen LogP) is 0.0172. The molecule has 0 heterocycles. The fourth-order valence-electron chi connectivity index (χ4n) is 0.158. The molecule has 3 heteroatoms. The van der Waals surface area contributed by atoms with Gasteiger partial charge in [-0.15, -0.1) is 0 Å². The molecule has 0 unspecified atom stereocenters. The summed E-state index contributed by atoms with van der Waals surface area (Å²) in [6.45, 7) is 2.40. The Morgan fingerprint density at radius 1 is 1.29 bits per heavy atom. The molecule has 34 valence electrons. The van der Waals surface area contributed by atoms with E-state index in [4.69, 9.17) is 5.11 Å². The Balaban J connectivity index is -0.0000000800. The number of aliphatic hydroxyl groups is 1. The van der Waals surface area contributed by atoms with Crippen molar-refractivity contribution in [3.8, 4) is 0 Å². The molecule has 0 aliphatic rings. The van der Waals surface area contributed by atoms with Gasteiger partial charge in [-0.25, -0.2) is 0 Å². The van der Waals surface area contributed by atoms with Crippen LogP contribution >= 0.6 is 0 Å². The summed E-state index contributed by atoms with van der Waals surface area (Å²) in [6.07, 6.45) is 2.04. The molecule has 0 atom stereocenters. The number of aliphatic hydroxyl groups excluding tert-OH is 1. The Hall–Kier alpha value is 1.96. The normalized spacial score (nSPS) is 6.00. The van der Waals surface area contributed by atoms with Crippen LogP contribution in [0.5, 0.6) is 0 Å². The van der Waals surface area contributed by atoms with Gasteiger partial charge >= 0.3 is 0 Å². The minimum atomic E-state index is 0. The molecular weight excluding hydrogens is 110 g/mol. The van der Waals surface area contributed by atoms with Crippen molar-refractivity contribution in [3.63, 3.8) is 0 Å². The van der Waals surface area contributed by atoms with E-state index in [2.05, 4.69) is 6.92 Å². The van der Waals surface area contributed by atoms with Crippen molar-refractivity contribution in [2.75, 3.05) is 6.61 Å². The largest absolute Gasteiger partial charge is 0.396 e. The zero-order chi connectivity index (χ0) is 4.12. The summed E-state index contributed by atoms with van der Waals surface area (Å²) in [5.74, 6) is 0. The van der Waals surface area contributed by atoms with Crippen molar-refractivity contribution in [2.24, 2.45) is 0 Å².